The van der Waals surface area contributed by atoms with Gasteiger partial charge in [0.25, 0.3) is 0 Å². The van der Waals surface area contributed by atoms with Crippen molar-refractivity contribution in [2.45, 2.75) is 39.1 Å². The molecule has 0 spiro atoms. The van der Waals surface area contributed by atoms with Crippen LogP contribution >= 0.6 is 11.6 Å². The largest absolute Gasteiger partial charge is 0.344 e. The Balaban J connectivity index is 2.63. The lowest BCUT2D eigenvalue weighted by Gasteiger charge is -2.22. The van der Waals surface area contributed by atoms with Crippen molar-refractivity contribution in [3.8, 4) is 0 Å². The monoisotopic (exact) mass is 308 g/mol. The topological polar surface area (TPSA) is 51.0 Å². The number of likely N-dealkylation sites (N-methyl/N-ethyl adjacent to an activating group) is 1. The maximum atomic E-state index is 12.5. The van der Waals surface area contributed by atoms with Gasteiger partial charge in [-0.3, -0.25) is 9.36 Å². The van der Waals surface area contributed by atoms with Crippen molar-refractivity contribution in [2.75, 3.05) is 13.6 Å². The van der Waals surface area contributed by atoms with E-state index in [-0.39, 0.29) is 17.3 Å². The zero-order valence-corrected chi connectivity index (χ0v) is 13.8. The summed E-state index contributed by atoms with van der Waals surface area (Å²) in [6.45, 7) is 8.31. The van der Waals surface area contributed by atoms with Crippen LogP contribution in [0.2, 0.25) is 0 Å². The SMILES string of the molecule is CCN(C)C(=O)C(C)n1c(C(C)Cl)nc2c(C)ccnc21. The molecule has 0 radical (unpaired) electrons. The van der Waals surface area contributed by atoms with Crippen molar-refractivity contribution in [2.24, 2.45) is 0 Å². The predicted molar refractivity (Wildman–Crippen MR) is 84.6 cm³/mol. The maximum absolute atomic E-state index is 12.5. The third-order valence-corrected chi connectivity index (χ3v) is 3.95. The first-order valence-corrected chi connectivity index (χ1v) is 7.54. The highest BCUT2D eigenvalue weighted by Gasteiger charge is 2.26. The van der Waals surface area contributed by atoms with Gasteiger partial charge in [-0.25, -0.2) is 9.97 Å². The van der Waals surface area contributed by atoms with Crippen LogP contribution in [0.4, 0.5) is 0 Å². The van der Waals surface area contributed by atoms with Gasteiger partial charge < -0.3 is 4.90 Å². The molecule has 2 atom stereocenters. The van der Waals surface area contributed by atoms with Crippen molar-refractivity contribution in [1.29, 1.82) is 0 Å². The number of fused-ring (bicyclic) bond motifs is 1. The Hall–Kier alpha value is -1.62. The Kier molecular flexibility index (Phi) is 4.52. The Morgan fingerprint density at radius 1 is 1.48 bits per heavy atom. The number of pyridine rings is 1. The molecule has 2 rings (SSSR count). The van der Waals surface area contributed by atoms with Crippen molar-refractivity contribution >= 4 is 28.7 Å². The molecule has 2 aromatic heterocycles. The first kappa shape index (κ1) is 15.8. The third kappa shape index (κ3) is 2.75. The molecular weight excluding hydrogens is 288 g/mol. The third-order valence-electron chi connectivity index (χ3n) is 3.76. The number of rotatable bonds is 4. The van der Waals surface area contributed by atoms with Crippen LogP contribution in [-0.4, -0.2) is 38.9 Å². The quantitative estimate of drug-likeness (QED) is 0.816. The normalized spacial score (nSPS) is 14.2. The van der Waals surface area contributed by atoms with Crippen LogP contribution in [0.5, 0.6) is 0 Å². The van der Waals surface area contributed by atoms with E-state index in [1.807, 2.05) is 38.3 Å². The minimum atomic E-state index is -0.384. The molecule has 0 aliphatic heterocycles. The second-order valence-corrected chi connectivity index (χ2v) is 5.94. The highest BCUT2D eigenvalue weighted by molar-refractivity contribution is 6.20. The molecule has 0 fully saturated rings. The number of aromatic nitrogens is 3. The van der Waals surface area contributed by atoms with E-state index in [0.717, 1.165) is 11.1 Å². The number of aryl methyl sites for hydroxylation is 1. The van der Waals surface area contributed by atoms with Gasteiger partial charge in [-0.2, -0.15) is 0 Å². The summed E-state index contributed by atoms with van der Waals surface area (Å²) in [4.78, 5) is 23.2. The first-order valence-electron chi connectivity index (χ1n) is 7.10. The van der Waals surface area contributed by atoms with Crippen LogP contribution in [0.3, 0.4) is 0 Å². The molecule has 0 saturated carbocycles. The highest BCUT2D eigenvalue weighted by atomic mass is 35.5. The van der Waals surface area contributed by atoms with Crippen LogP contribution in [-0.2, 0) is 4.79 Å². The van der Waals surface area contributed by atoms with Crippen LogP contribution in [0, 0.1) is 6.92 Å². The van der Waals surface area contributed by atoms with Crippen LogP contribution < -0.4 is 0 Å². The second kappa shape index (κ2) is 6.02. The van der Waals surface area contributed by atoms with Gasteiger partial charge >= 0.3 is 0 Å². The zero-order chi connectivity index (χ0) is 15.7. The molecule has 0 bridgehead atoms. The second-order valence-electron chi connectivity index (χ2n) is 5.28. The van der Waals surface area contributed by atoms with E-state index in [0.29, 0.717) is 18.0 Å². The molecule has 0 N–H and O–H groups in total. The Morgan fingerprint density at radius 3 is 2.71 bits per heavy atom. The van der Waals surface area contributed by atoms with E-state index in [2.05, 4.69) is 9.97 Å². The average molecular weight is 309 g/mol. The van der Waals surface area contributed by atoms with E-state index < -0.39 is 0 Å². The van der Waals surface area contributed by atoms with Gasteiger partial charge in [0.15, 0.2) is 5.65 Å². The number of amides is 1. The van der Waals surface area contributed by atoms with Gasteiger partial charge in [-0.05, 0) is 39.3 Å². The molecule has 0 aliphatic carbocycles. The molecule has 0 saturated heterocycles. The number of carbonyl (C=O) groups is 1. The lowest BCUT2D eigenvalue weighted by molar-refractivity contribution is -0.132. The molecule has 0 aliphatic rings. The lowest BCUT2D eigenvalue weighted by Crippen LogP contribution is -2.33. The van der Waals surface area contributed by atoms with Crippen molar-refractivity contribution in [3.05, 3.63) is 23.7 Å². The van der Waals surface area contributed by atoms with Crippen molar-refractivity contribution in [1.82, 2.24) is 19.4 Å². The average Bonchev–Trinajstić information content (AvgIpc) is 2.86. The molecule has 0 aromatic carbocycles. The van der Waals surface area contributed by atoms with Gasteiger partial charge in [-0.1, -0.05) is 0 Å². The number of imidazole rings is 1. The van der Waals surface area contributed by atoms with Crippen LogP contribution in [0.25, 0.3) is 11.2 Å². The molecule has 21 heavy (non-hydrogen) atoms. The summed E-state index contributed by atoms with van der Waals surface area (Å²) in [5.74, 6) is 0.706. The van der Waals surface area contributed by atoms with E-state index in [4.69, 9.17) is 11.6 Å². The Bertz CT molecular complexity index is 665. The summed E-state index contributed by atoms with van der Waals surface area (Å²) in [7, 11) is 1.79. The minimum Gasteiger partial charge on any atom is -0.344 e. The predicted octanol–water partition coefficient (Wildman–Crippen LogP) is 3.08. The van der Waals surface area contributed by atoms with Gasteiger partial charge in [0, 0.05) is 19.8 Å². The standard InChI is InChI=1S/C15H21ClN4O/c1-6-19(5)15(21)11(4)20-13(10(3)16)18-12-9(2)7-8-17-14(12)20/h7-8,10-11H,6H2,1-5H3. The van der Waals surface area contributed by atoms with E-state index in [1.54, 1.807) is 18.1 Å². The number of hydrogen-bond acceptors (Lipinski definition) is 3. The summed E-state index contributed by atoms with van der Waals surface area (Å²) in [6.07, 6.45) is 1.74. The summed E-state index contributed by atoms with van der Waals surface area (Å²) < 4.78 is 1.86. The summed E-state index contributed by atoms with van der Waals surface area (Å²) in [6, 6.07) is 1.53. The molecule has 2 unspecified atom stereocenters. The van der Waals surface area contributed by atoms with Crippen molar-refractivity contribution < 1.29 is 4.79 Å². The number of carbonyl (C=O) groups excluding carboxylic acids is 1. The fourth-order valence-corrected chi connectivity index (χ4v) is 2.53. The molecule has 5 nitrogen and oxygen atoms in total. The smallest absolute Gasteiger partial charge is 0.245 e. The van der Waals surface area contributed by atoms with Gasteiger partial charge in [0.1, 0.15) is 17.4 Å². The summed E-state index contributed by atoms with van der Waals surface area (Å²) in [5.41, 5.74) is 2.54. The molecule has 1 amide bonds. The fourth-order valence-electron chi connectivity index (χ4n) is 2.38. The maximum Gasteiger partial charge on any atom is 0.245 e. The fraction of sp³-hybridized carbons (Fsp3) is 0.533. The molecule has 2 heterocycles. The zero-order valence-electron chi connectivity index (χ0n) is 13.1. The van der Waals surface area contributed by atoms with E-state index in [1.165, 1.54) is 0 Å². The molecule has 114 valence electrons. The van der Waals surface area contributed by atoms with Crippen LogP contribution in [0.1, 0.15) is 43.6 Å². The van der Waals surface area contributed by atoms with Gasteiger partial charge in [0.2, 0.25) is 5.91 Å². The van der Waals surface area contributed by atoms with Crippen LogP contribution in [0.15, 0.2) is 12.3 Å². The molecular formula is C15H21ClN4O. The number of hydrogen-bond donors (Lipinski definition) is 0. The minimum absolute atomic E-state index is 0.0265. The molecule has 2 aromatic rings. The first-order chi connectivity index (χ1) is 9.88. The summed E-state index contributed by atoms with van der Waals surface area (Å²) >= 11 is 6.26. The number of nitrogens with zero attached hydrogens (tertiary/aromatic N) is 4. The number of halogens is 1. The van der Waals surface area contributed by atoms with Gasteiger partial charge in [-0.15, -0.1) is 11.6 Å². The number of alkyl halides is 1. The van der Waals surface area contributed by atoms with E-state index in [9.17, 15) is 4.79 Å². The Labute approximate surface area is 129 Å². The van der Waals surface area contributed by atoms with Crippen molar-refractivity contribution in [3.63, 3.8) is 0 Å². The van der Waals surface area contributed by atoms with E-state index >= 15 is 0 Å². The lowest BCUT2D eigenvalue weighted by atomic mass is 10.2. The van der Waals surface area contributed by atoms with Gasteiger partial charge in [0.05, 0.1) is 5.38 Å². The highest BCUT2D eigenvalue weighted by Crippen LogP contribution is 2.28. The summed E-state index contributed by atoms with van der Waals surface area (Å²) in [5, 5.41) is -0.291. The Morgan fingerprint density at radius 2 is 2.14 bits per heavy atom. The molecule has 6 heteroatoms.